The number of ketones is 2. The molecule has 1 heterocycles. The number of halogens is 1. The Morgan fingerprint density at radius 3 is 2.50 bits per heavy atom. The van der Waals surface area contributed by atoms with Crippen molar-refractivity contribution >= 4 is 23.2 Å². The number of primary amides is 1. The number of fused-ring (bicyclic) bond motifs is 3. The van der Waals surface area contributed by atoms with Crippen LogP contribution in [0.1, 0.15) is 23.1 Å². The van der Waals surface area contributed by atoms with E-state index in [9.17, 15) is 34.8 Å². The van der Waals surface area contributed by atoms with Crippen molar-refractivity contribution in [2.75, 3.05) is 40.4 Å². The molecule has 2 fully saturated rings. The molecule has 1 aromatic carbocycles. The van der Waals surface area contributed by atoms with E-state index >= 15 is 4.39 Å². The molecule has 204 valence electrons. The molecule has 1 aliphatic heterocycles. The predicted molar refractivity (Wildman–Crippen MR) is 130 cm³/mol. The average molecular weight is 532 g/mol. The molecule has 4 atom stereocenters. The van der Waals surface area contributed by atoms with E-state index in [1.807, 2.05) is 4.90 Å². The van der Waals surface area contributed by atoms with Gasteiger partial charge in [0.25, 0.3) is 5.91 Å². The standard InChI is InChI=1S/C26H30FN3O8/c1-29(2)20-14-8-11-7-13-17(15(31)9-12(19(13)27)10-30-3-5-38-6-4-30)21(32)16(11)23(34)26(14,37)24(35)18(22(20)33)25(28)36/h9,11,14,20,31-32,35,37H,3-8,10H2,1-2H3,(H2,28,36)/t11-,14?,20-,26-/m0/s1. The lowest BCUT2D eigenvalue weighted by atomic mass is 9.57. The second-order valence-electron chi connectivity index (χ2n) is 10.6. The van der Waals surface area contributed by atoms with Crippen LogP contribution in [0.3, 0.4) is 0 Å². The number of aliphatic hydroxyl groups is 3. The maximum absolute atomic E-state index is 15.8. The summed E-state index contributed by atoms with van der Waals surface area (Å²) in [5.74, 6) is -8.24. The minimum absolute atomic E-state index is 0.0267. The Kier molecular flexibility index (Phi) is 6.33. The number of hydrogen-bond acceptors (Lipinski definition) is 10. The minimum atomic E-state index is -2.73. The lowest BCUT2D eigenvalue weighted by molar-refractivity contribution is -0.153. The Morgan fingerprint density at radius 1 is 1.24 bits per heavy atom. The van der Waals surface area contributed by atoms with Crippen molar-refractivity contribution in [1.82, 2.24) is 9.80 Å². The summed E-state index contributed by atoms with van der Waals surface area (Å²) in [6.07, 6.45) is -0.190. The SMILES string of the molecule is CN(C)[C@@H]1C(=O)C(C(N)=O)=C(O)[C@@]2(O)C(=O)C3=C(O)c4c(O)cc(CN5CCOCC5)c(F)c4C[C@H]3CC12. The molecule has 3 aliphatic carbocycles. The fourth-order valence-corrected chi connectivity index (χ4v) is 6.46. The zero-order valence-electron chi connectivity index (χ0n) is 21.0. The number of nitrogens with two attached hydrogens (primary N) is 1. The maximum Gasteiger partial charge on any atom is 0.255 e. The fraction of sp³-hybridized carbons (Fsp3) is 0.500. The molecule has 6 N–H and O–H groups in total. The number of morpholine rings is 1. The van der Waals surface area contributed by atoms with E-state index in [0.29, 0.717) is 26.3 Å². The summed E-state index contributed by atoms with van der Waals surface area (Å²) in [5, 5.41) is 44.4. The Morgan fingerprint density at radius 2 is 1.89 bits per heavy atom. The molecule has 11 nitrogen and oxygen atoms in total. The Labute approximate surface area is 217 Å². The molecule has 1 unspecified atom stereocenters. The number of ether oxygens (including phenoxy) is 1. The van der Waals surface area contributed by atoms with Gasteiger partial charge in [0, 0.05) is 42.3 Å². The zero-order valence-corrected chi connectivity index (χ0v) is 21.0. The summed E-state index contributed by atoms with van der Waals surface area (Å²) in [6, 6.07) is 0.00787. The van der Waals surface area contributed by atoms with Gasteiger partial charge in [0.1, 0.15) is 28.7 Å². The number of rotatable bonds is 4. The molecule has 12 heteroatoms. The molecule has 4 aliphatic rings. The van der Waals surface area contributed by atoms with E-state index in [1.165, 1.54) is 25.1 Å². The first-order valence-electron chi connectivity index (χ1n) is 12.4. The van der Waals surface area contributed by atoms with Gasteiger partial charge in [0.2, 0.25) is 5.78 Å². The highest BCUT2D eigenvalue weighted by Gasteiger charge is 2.64. The van der Waals surface area contributed by atoms with Gasteiger partial charge in [0.05, 0.1) is 24.8 Å². The number of Topliss-reactive ketones (excluding diaryl/α,β-unsaturated/α-hetero) is 2. The van der Waals surface area contributed by atoms with Gasteiger partial charge in [-0.15, -0.1) is 0 Å². The van der Waals surface area contributed by atoms with E-state index in [4.69, 9.17) is 10.5 Å². The van der Waals surface area contributed by atoms with Gasteiger partial charge in [-0.2, -0.15) is 0 Å². The summed E-state index contributed by atoms with van der Waals surface area (Å²) in [5.41, 5.74) is 1.38. The van der Waals surface area contributed by atoms with Crippen LogP contribution in [0.25, 0.3) is 5.76 Å². The van der Waals surface area contributed by atoms with Crippen molar-refractivity contribution in [3.8, 4) is 5.75 Å². The van der Waals surface area contributed by atoms with E-state index in [-0.39, 0.29) is 41.6 Å². The van der Waals surface area contributed by atoms with Crippen molar-refractivity contribution in [3.63, 3.8) is 0 Å². The average Bonchev–Trinajstić information content (AvgIpc) is 2.84. The van der Waals surface area contributed by atoms with Gasteiger partial charge in [-0.1, -0.05) is 0 Å². The predicted octanol–water partition coefficient (Wildman–Crippen LogP) is -0.0647. The molecule has 1 amide bonds. The van der Waals surface area contributed by atoms with Crippen LogP contribution in [0.5, 0.6) is 5.75 Å². The number of likely N-dealkylation sites (N-methyl/N-ethyl adjacent to an activating group) is 1. The number of nitrogens with zero attached hydrogens (tertiary/aromatic N) is 2. The lowest BCUT2D eigenvalue weighted by Gasteiger charge is -2.50. The van der Waals surface area contributed by atoms with Gasteiger partial charge in [-0.25, -0.2) is 4.39 Å². The molecular weight excluding hydrogens is 501 g/mol. The van der Waals surface area contributed by atoms with E-state index in [0.717, 1.165) is 0 Å². The van der Waals surface area contributed by atoms with E-state index in [1.54, 1.807) is 0 Å². The molecule has 5 rings (SSSR count). The second kappa shape index (κ2) is 9.16. The van der Waals surface area contributed by atoms with Crippen LogP contribution in [0.4, 0.5) is 4.39 Å². The molecule has 1 saturated carbocycles. The summed E-state index contributed by atoms with van der Waals surface area (Å²) in [6.45, 7) is 2.41. The first-order chi connectivity index (χ1) is 17.9. The van der Waals surface area contributed by atoms with Crippen molar-refractivity contribution in [1.29, 1.82) is 0 Å². The molecule has 38 heavy (non-hydrogen) atoms. The monoisotopic (exact) mass is 531 g/mol. The van der Waals surface area contributed by atoms with E-state index in [2.05, 4.69) is 0 Å². The molecule has 0 spiro atoms. The molecule has 0 radical (unpaired) electrons. The third-order valence-corrected chi connectivity index (χ3v) is 8.23. The first kappa shape index (κ1) is 26.3. The number of aromatic hydroxyl groups is 1. The van der Waals surface area contributed by atoms with Crippen molar-refractivity contribution in [2.45, 2.75) is 31.0 Å². The number of amides is 1. The molecule has 1 aromatic rings. The third-order valence-electron chi connectivity index (χ3n) is 8.23. The molecule has 0 bridgehead atoms. The summed E-state index contributed by atoms with van der Waals surface area (Å²) in [4.78, 5) is 42.3. The minimum Gasteiger partial charge on any atom is -0.508 e. The van der Waals surface area contributed by atoms with Crippen molar-refractivity contribution in [3.05, 3.63) is 45.5 Å². The zero-order chi connectivity index (χ0) is 27.7. The van der Waals surface area contributed by atoms with Crippen LogP contribution >= 0.6 is 0 Å². The van der Waals surface area contributed by atoms with Crippen LogP contribution < -0.4 is 5.73 Å². The van der Waals surface area contributed by atoms with E-state index < -0.39 is 69.6 Å². The summed E-state index contributed by atoms with van der Waals surface area (Å²) in [7, 11) is 3.03. The smallest absolute Gasteiger partial charge is 0.255 e. The number of phenolic OH excluding ortho intramolecular Hbond substituents is 1. The number of carbonyl (C=O) groups is 3. The molecular formula is C26H30FN3O8. The highest BCUT2D eigenvalue weighted by molar-refractivity contribution is 6.24. The fourth-order valence-electron chi connectivity index (χ4n) is 6.46. The van der Waals surface area contributed by atoms with Gasteiger partial charge >= 0.3 is 0 Å². The first-order valence-corrected chi connectivity index (χ1v) is 12.4. The Bertz CT molecular complexity index is 1320. The summed E-state index contributed by atoms with van der Waals surface area (Å²) < 4.78 is 21.1. The Hall–Kier alpha value is -3.32. The summed E-state index contributed by atoms with van der Waals surface area (Å²) >= 11 is 0. The quantitative estimate of drug-likeness (QED) is 0.331. The van der Waals surface area contributed by atoms with Crippen LogP contribution in [-0.2, 0) is 32.1 Å². The molecule has 0 aromatic heterocycles. The highest BCUT2D eigenvalue weighted by Crippen LogP contribution is 2.53. The number of aliphatic hydroxyl groups excluding tert-OH is 2. The Balaban J connectivity index is 1.64. The normalized spacial score (nSPS) is 29.9. The number of phenols is 1. The highest BCUT2D eigenvalue weighted by atomic mass is 19.1. The van der Waals surface area contributed by atoms with Gasteiger partial charge in [-0.05, 0) is 38.9 Å². The van der Waals surface area contributed by atoms with Gasteiger partial charge in [0.15, 0.2) is 11.4 Å². The van der Waals surface area contributed by atoms with Crippen LogP contribution in [0.2, 0.25) is 0 Å². The largest absolute Gasteiger partial charge is 0.508 e. The second-order valence-corrected chi connectivity index (χ2v) is 10.6. The topological polar surface area (TPSA) is 174 Å². The number of benzene rings is 1. The van der Waals surface area contributed by atoms with Crippen molar-refractivity contribution < 1.29 is 43.9 Å². The van der Waals surface area contributed by atoms with Gasteiger partial charge < -0.3 is 30.9 Å². The third kappa shape index (κ3) is 3.66. The maximum atomic E-state index is 15.8. The van der Waals surface area contributed by atoms with Crippen LogP contribution in [0.15, 0.2) is 23.0 Å². The number of carbonyl (C=O) groups excluding carboxylic acids is 3. The van der Waals surface area contributed by atoms with Crippen LogP contribution in [-0.4, -0.2) is 99.7 Å². The lowest BCUT2D eigenvalue weighted by Crippen LogP contribution is -2.65. The van der Waals surface area contributed by atoms with Crippen molar-refractivity contribution in [2.24, 2.45) is 17.6 Å². The van der Waals surface area contributed by atoms with Gasteiger partial charge in [-0.3, -0.25) is 24.2 Å². The van der Waals surface area contributed by atoms with Crippen LogP contribution in [0, 0.1) is 17.7 Å². The number of hydrogen-bond donors (Lipinski definition) is 5. The molecule has 1 saturated heterocycles.